The van der Waals surface area contributed by atoms with Gasteiger partial charge in [-0.05, 0) is 48.8 Å². The fourth-order valence-corrected chi connectivity index (χ4v) is 6.59. The van der Waals surface area contributed by atoms with Crippen molar-refractivity contribution in [2.24, 2.45) is 0 Å². The molecule has 1 aliphatic carbocycles. The van der Waals surface area contributed by atoms with E-state index in [1.807, 2.05) is 24.9 Å². The van der Waals surface area contributed by atoms with Gasteiger partial charge in [-0.2, -0.15) is 0 Å². The second-order valence-corrected chi connectivity index (χ2v) is 11.3. The Hall–Kier alpha value is -3.03. The summed E-state index contributed by atoms with van der Waals surface area (Å²) in [6, 6.07) is 19.5. The molecular weight excluding hydrogens is 480 g/mol. The molecule has 6 nitrogen and oxygen atoms in total. The van der Waals surface area contributed by atoms with Crippen LogP contribution in [0.1, 0.15) is 61.1 Å². The summed E-state index contributed by atoms with van der Waals surface area (Å²) in [5, 5.41) is 3.56. The average molecular weight is 517 g/mol. The molecule has 2 heterocycles. The summed E-state index contributed by atoms with van der Waals surface area (Å²) in [6.45, 7) is 4.76. The first-order valence-electron chi connectivity index (χ1n) is 13.4. The molecule has 194 valence electrons. The number of likely N-dealkylation sites (tertiary alicyclic amines) is 1. The number of benzene rings is 2. The molecule has 37 heavy (non-hydrogen) atoms. The van der Waals surface area contributed by atoms with Crippen LogP contribution in [0.15, 0.2) is 54.6 Å². The molecule has 0 spiro atoms. The Balaban J connectivity index is 1.19. The molecule has 2 amide bonds. The predicted octanol–water partition coefficient (Wildman–Crippen LogP) is 5.70. The van der Waals surface area contributed by atoms with E-state index in [0.29, 0.717) is 11.6 Å². The Morgan fingerprint density at radius 2 is 1.84 bits per heavy atom. The van der Waals surface area contributed by atoms with E-state index in [0.717, 1.165) is 62.3 Å². The maximum atomic E-state index is 13.6. The third-order valence-corrected chi connectivity index (χ3v) is 8.63. The number of carbonyl (C=O) groups excluding carboxylic acids is 2. The second-order valence-electron chi connectivity index (χ2n) is 10.3. The number of aromatic nitrogens is 1. The van der Waals surface area contributed by atoms with E-state index >= 15 is 0 Å². The topological polar surface area (TPSA) is 65.5 Å². The zero-order chi connectivity index (χ0) is 25.8. The summed E-state index contributed by atoms with van der Waals surface area (Å²) in [7, 11) is 1.95. The standard InChI is InChI=1S/C30H36N4O2S/c1-3-8-27(35)31-30-32-28-25(11-7-12-26(28)37-30)29(36)33(2)24-17-18-34(20-24)19-21-13-15-23(16-14-21)22-9-5-4-6-10-22/h4-6,9-10,13-16,24-25H,3,7-8,11-12,17-20H2,1-2H3,(H,31,32,35). The van der Waals surface area contributed by atoms with Gasteiger partial charge in [0.2, 0.25) is 11.8 Å². The van der Waals surface area contributed by atoms with Crippen LogP contribution in [0.4, 0.5) is 5.13 Å². The van der Waals surface area contributed by atoms with E-state index in [1.165, 1.54) is 28.0 Å². The van der Waals surface area contributed by atoms with Crippen LogP contribution in [0.3, 0.4) is 0 Å². The molecule has 7 heteroatoms. The summed E-state index contributed by atoms with van der Waals surface area (Å²) in [6.07, 6.45) is 5.03. The number of carbonyl (C=O) groups is 2. The number of likely N-dealkylation sites (N-methyl/N-ethyl adjacent to an activating group) is 1. The smallest absolute Gasteiger partial charge is 0.231 e. The lowest BCUT2D eigenvalue weighted by molar-refractivity contribution is -0.133. The molecule has 1 aromatic heterocycles. The van der Waals surface area contributed by atoms with E-state index in [4.69, 9.17) is 4.98 Å². The number of rotatable bonds is 8. The molecule has 5 rings (SSSR count). The fraction of sp³-hybridized carbons (Fsp3) is 0.433. The maximum absolute atomic E-state index is 13.6. The Labute approximate surface area is 223 Å². The van der Waals surface area contributed by atoms with E-state index < -0.39 is 0 Å². The van der Waals surface area contributed by atoms with Crippen LogP contribution in [0, 0.1) is 0 Å². The predicted molar refractivity (Wildman–Crippen MR) is 150 cm³/mol. The van der Waals surface area contributed by atoms with Crippen molar-refractivity contribution < 1.29 is 9.59 Å². The van der Waals surface area contributed by atoms with E-state index in [9.17, 15) is 9.59 Å². The van der Waals surface area contributed by atoms with Gasteiger partial charge in [0.25, 0.3) is 0 Å². The maximum Gasteiger partial charge on any atom is 0.231 e. The lowest BCUT2D eigenvalue weighted by atomic mass is 9.89. The van der Waals surface area contributed by atoms with Crippen LogP contribution in [-0.4, -0.2) is 52.8 Å². The van der Waals surface area contributed by atoms with Crippen molar-refractivity contribution in [3.63, 3.8) is 0 Å². The highest BCUT2D eigenvalue weighted by molar-refractivity contribution is 7.15. The molecule has 0 radical (unpaired) electrons. The first-order valence-corrected chi connectivity index (χ1v) is 14.3. The van der Waals surface area contributed by atoms with Crippen molar-refractivity contribution in [2.75, 3.05) is 25.5 Å². The number of hydrogen-bond donors (Lipinski definition) is 1. The van der Waals surface area contributed by atoms with Gasteiger partial charge in [-0.3, -0.25) is 14.5 Å². The third-order valence-electron chi connectivity index (χ3n) is 7.59. The van der Waals surface area contributed by atoms with Crippen molar-refractivity contribution >= 4 is 28.3 Å². The van der Waals surface area contributed by atoms with Gasteiger partial charge in [0.05, 0.1) is 11.6 Å². The van der Waals surface area contributed by atoms with Crippen molar-refractivity contribution in [1.29, 1.82) is 0 Å². The first kappa shape index (κ1) is 25.6. The van der Waals surface area contributed by atoms with Gasteiger partial charge in [-0.25, -0.2) is 4.98 Å². The van der Waals surface area contributed by atoms with Gasteiger partial charge in [0, 0.05) is 44.0 Å². The van der Waals surface area contributed by atoms with Crippen LogP contribution in [0.25, 0.3) is 11.1 Å². The summed E-state index contributed by atoms with van der Waals surface area (Å²) in [5.74, 6) is -0.0486. The zero-order valence-corrected chi connectivity index (χ0v) is 22.6. The van der Waals surface area contributed by atoms with E-state index in [1.54, 1.807) is 0 Å². The monoisotopic (exact) mass is 516 g/mol. The lowest BCUT2D eigenvalue weighted by Gasteiger charge is -2.30. The summed E-state index contributed by atoms with van der Waals surface area (Å²) < 4.78 is 0. The number of thiazole rings is 1. The molecule has 1 saturated heterocycles. The van der Waals surface area contributed by atoms with Crippen molar-refractivity contribution in [3.05, 3.63) is 70.7 Å². The van der Waals surface area contributed by atoms with Crippen LogP contribution in [0.5, 0.6) is 0 Å². The quantitative estimate of drug-likeness (QED) is 0.417. The number of nitrogens with one attached hydrogen (secondary N) is 1. The van der Waals surface area contributed by atoms with Gasteiger partial charge in [-0.15, -0.1) is 11.3 Å². The zero-order valence-electron chi connectivity index (χ0n) is 21.8. The number of anilines is 1. The first-order chi connectivity index (χ1) is 18.0. The summed E-state index contributed by atoms with van der Waals surface area (Å²) in [4.78, 5) is 35.9. The van der Waals surface area contributed by atoms with Crippen LogP contribution in [-0.2, 0) is 22.6 Å². The van der Waals surface area contributed by atoms with Crippen molar-refractivity contribution in [1.82, 2.24) is 14.8 Å². The summed E-state index contributed by atoms with van der Waals surface area (Å²) in [5.41, 5.74) is 4.65. The number of fused-ring (bicyclic) bond motifs is 1. The minimum atomic E-state index is -0.207. The van der Waals surface area contributed by atoms with Gasteiger partial charge in [0.15, 0.2) is 5.13 Å². The Morgan fingerprint density at radius 3 is 2.59 bits per heavy atom. The molecule has 3 aromatic rings. The Kier molecular flexibility index (Phi) is 8.01. The molecule has 2 aromatic carbocycles. The average Bonchev–Trinajstić information content (AvgIpc) is 3.55. The van der Waals surface area contributed by atoms with Crippen LogP contribution in [0.2, 0.25) is 0 Å². The summed E-state index contributed by atoms with van der Waals surface area (Å²) >= 11 is 1.53. The van der Waals surface area contributed by atoms with Gasteiger partial charge in [0.1, 0.15) is 0 Å². The minimum Gasteiger partial charge on any atom is -0.341 e. The molecule has 1 N–H and O–H groups in total. The van der Waals surface area contributed by atoms with Gasteiger partial charge in [-0.1, -0.05) is 61.5 Å². The van der Waals surface area contributed by atoms with E-state index in [-0.39, 0.29) is 23.8 Å². The van der Waals surface area contributed by atoms with Crippen LogP contribution < -0.4 is 5.32 Å². The largest absolute Gasteiger partial charge is 0.341 e. The molecule has 0 bridgehead atoms. The Morgan fingerprint density at radius 1 is 1.08 bits per heavy atom. The molecular formula is C30H36N4O2S. The highest BCUT2D eigenvalue weighted by atomic mass is 32.1. The van der Waals surface area contributed by atoms with Gasteiger partial charge < -0.3 is 10.2 Å². The molecule has 2 unspecified atom stereocenters. The highest BCUT2D eigenvalue weighted by Crippen LogP contribution is 2.38. The minimum absolute atomic E-state index is 0.00524. The van der Waals surface area contributed by atoms with Crippen molar-refractivity contribution in [3.8, 4) is 11.1 Å². The van der Waals surface area contributed by atoms with Crippen molar-refractivity contribution in [2.45, 2.75) is 64.0 Å². The SMILES string of the molecule is CCCC(=O)Nc1nc2c(s1)CCCC2C(=O)N(C)C1CCN(Cc2ccc(-c3ccccc3)cc2)C1. The molecule has 1 fully saturated rings. The lowest BCUT2D eigenvalue weighted by Crippen LogP contribution is -2.42. The molecule has 2 atom stereocenters. The normalized spacial score (nSPS) is 19.4. The molecule has 1 aliphatic heterocycles. The number of aryl methyl sites for hydroxylation is 1. The fourth-order valence-electron chi connectivity index (χ4n) is 5.51. The number of nitrogens with zero attached hydrogens (tertiary/aromatic N) is 3. The highest BCUT2D eigenvalue weighted by Gasteiger charge is 2.36. The second kappa shape index (κ2) is 11.6. The molecule has 0 saturated carbocycles. The Bertz CT molecular complexity index is 1220. The molecule has 2 aliphatic rings. The van der Waals surface area contributed by atoms with Gasteiger partial charge >= 0.3 is 0 Å². The number of amides is 2. The third kappa shape index (κ3) is 5.94. The van der Waals surface area contributed by atoms with Crippen LogP contribution >= 0.6 is 11.3 Å². The van der Waals surface area contributed by atoms with E-state index in [2.05, 4.69) is 58.7 Å². The number of hydrogen-bond acceptors (Lipinski definition) is 5.